The Kier molecular flexibility index (Phi) is 5.83. The van der Waals surface area contributed by atoms with E-state index < -0.39 is 30.0 Å². The van der Waals surface area contributed by atoms with E-state index >= 15 is 0 Å². The largest absolute Gasteiger partial charge is 0.465 e. The molecule has 3 aliphatic carbocycles. The fourth-order valence-corrected chi connectivity index (χ4v) is 7.64. The number of para-hydroxylation sites is 1. The van der Waals surface area contributed by atoms with Crippen LogP contribution in [-0.4, -0.2) is 31.3 Å². The van der Waals surface area contributed by atoms with E-state index in [0.29, 0.717) is 30.4 Å². The van der Waals surface area contributed by atoms with Crippen LogP contribution < -0.4 is 5.73 Å². The highest BCUT2D eigenvalue weighted by atomic mass is 16.7. The van der Waals surface area contributed by atoms with E-state index in [1.54, 1.807) is 6.26 Å². The molecular weight excluding hydrogens is 465 g/mol. The Bertz CT molecular complexity index is 1310. The fourth-order valence-electron chi connectivity index (χ4n) is 7.64. The molecular formula is C30H36BNO5. The molecule has 2 aromatic carbocycles. The minimum atomic E-state index is -1.44. The van der Waals surface area contributed by atoms with Gasteiger partial charge in [-0.25, -0.2) is 0 Å². The van der Waals surface area contributed by atoms with Gasteiger partial charge in [-0.3, -0.25) is 4.79 Å². The summed E-state index contributed by atoms with van der Waals surface area (Å²) in [6.07, 6.45) is 4.30. The molecule has 2 bridgehead atoms. The van der Waals surface area contributed by atoms with E-state index in [1.165, 1.54) is 0 Å². The number of nitrogens with two attached hydrogens (primary N) is 1. The van der Waals surface area contributed by atoms with Crippen LogP contribution in [0.15, 0.2) is 65.3 Å². The van der Waals surface area contributed by atoms with Gasteiger partial charge in [-0.15, -0.1) is 0 Å². The molecule has 1 amide bonds. The number of amides is 1. The van der Waals surface area contributed by atoms with Crippen molar-refractivity contribution >= 4 is 24.0 Å². The Morgan fingerprint density at radius 1 is 1.14 bits per heavy atom. The summed E-state index contributed by atoms with van der Waals surface area (Å²) < 4.78 is 26.0. The Hall–Kier alpha value is -2.61. The molecule has 37 heavy (non-hydrogen) atoms. The summed E-state index contributed by atoms with van der Waals surface area (Å²) in [7, 11) is -0.668. The van der Waals surface area contributed by atoms with Gasteiger partial charge in [-0.1, -0.05) is 62.4 Å². The minimum absolute atomic E-state index is 0.0270. The second kappa shape index (κ2) is 8.72. The molecule has 1 aromatic heterocycles. The molecule has 3 saturated carbocycles. The summed E-state index contributed by atoms with van der Waals surface area (Å²) in [4.78, 5) is 13.5. The van der Waals surface area contributed by atoms with Gasteiger partial charge in [-0.2, -0.15) is 0 Å². The monoisotopic (exact) mass is 501 g/mol. The maximum Gasteiger partial charge on any atom is 0.465 e. The van der Waals surface area contributed by atoms with Crippen molar-refractivity contribution in [1.82, 2.24) is 0 Å². The van der Waals surface area contributed by atoms with Gasteiger partial charge in [0.1, 0.15) is 5.58 Å². The Balaban J connectivity index is 1.47. The first-order valence-corrected chi connectivity index (χ1v) is 13.5. The third kappa shape index (κ3) is 3.54. The molecule has 7 rings (SSSR count). The standard InChI is InChI=1S/C30H36BNO5/c1-5-35-30(27(32)33,20-11-7-6-8-12-20)25(15-19-18-34-23-14-10-9-13-22(19)23)31-36-26-17-21-16-24(28(21,2)3)29(26,4)37-31/h6-14,18,21,24-26H,5,15-17H2,1-4H3,(H2,32,33)/t21-,24-,25+,26+,29-,30?/m0/s1. The van der Waals surface area contributed by atoms with Crippen molar-refractivity contribution in [3.8, 4) is 0 Å². The second-order valence-electron chi connectivity index (χ2n) is 11.8. The van der Waals surface area contributed by atoms with E-state index in [-0.39, 0.29) is 11.5 Å². The SMILES string of the molecule is CCOC(C(N)=O)(c1ccccc1)[C@@H](Cc1coc2ccccc12)B1O[C@@H]2C[C@@H]3C[C@@H](C3(C)C)[C@]2(C)O1. The smallest absolute Gasteiger partial charge is 0.464 e. The van der Waals surface area contributed by atoms with Crippen LogP contribution in [0.2, 0.25) is 5.82 Å². The van der Waals surface area contributed by atoms with Gasteiger partial charge < -0.3 is 24.2 Å². The average Bonchev–Trinajstić information content (AvgIpc) is 3.46. The lowest BCUT2D eigenvalue weighted by atomic mass is 9.43. The van der Waals surface area contributed by atoms with Crippen molar-refractivity contribution in [1.29, 1.82) is 0 Å². The molecule has 0 spiro atoms. The van der Waals surface area contributed by atoms with Crippen molar-refractivity contribution < 1.29 is 23.3 Å². The van der Waals surface area contributed by atoms with Crippen LogP contribution in [0, 0.1) is 17.3 Å². The molecule has 2 N–H and O–H groups in total. The van der Waals surface area contributed by atoms with Crippen molar-refractivity contribution in [3.63, 3.8) is 0 Å². The number of ether oxygens (including phenoxy) is 1. The fraction of sp³-hybridized carbons (Fsp3) is 0.500. The number of hydrogen-bond donors (Lipinski definition) is 1. The maximum absolute atomic E-state index is 13.5. The highest BCUT2D eigenvalue weighted by Gasteiger charge is 2.70. The predicted octanol–water partition coefficient (Wildman–Crippen LogP) is 5.49. The number of furan rings is 1. The molecule has 2 heterocycles. The number of hydrogen-bond acceptors (Lipinski definition) is 5. The van der Waals surface area contributed by atoms with Crippen molar-refractivity contribution in [2.24, 2.45) is 23.0 Å². The van der Waals surface area contributed by atoms with Gasteiger partial charge in [0.25, 0.3) is 5.91 Å². The van der Waals surface area contributed by atoms with E-state index in [2.05, 4.69) is 20.8 Å². The van der Waals surface area contributed by atoms with Crippen LogP contribution in [-0.2, 0) is 30.9 Å². The molecule has 4 aliphatic rings. The Morgan fingerprint density at radius 3 is 2.57 bits per heavy atom. The van der Waals surface area contributed by atoms with Crippen LogP contribution in [0.1, 0.15) is 51.7 Å². The molecule has 3 aromatic rings. The van der Waals surface area contributed by atoms with Crippen LogP contribution in [0.25, 0.3) is 11.0 Å². The van der Waals surface area contributed by atoms with Crippen LogP contribution in [0.5, 0.6) is 0 Å². The van der Waals surface area contributed by atoms with Crippen LogP contribution >= 0.6 is 0 Å². The average molecular weight is 501 g/mol. The summed E-state index contributed by atoms with van der Waals surface area (Å²) in [5.41, 5.74) is 7.08. The highest BCUT2D eigenvalue weighted by molar-refractivity contribution is 6.48. The van der Waals surface area contributed by atoms with Crippen molar-refractivity contribution in [3.05, 3.63) is 72.0 Å². The third-order valence-electron chi connectivity index (χ3n) is 9.76. The van der Waals surface area contributed by atoms with Gasteiger partial charge in [0.05, 0.1) is 18.0 Å². The summed E-state index contributed by atoms with van der Waals surface area (Å²) in [6.45, 7) is 9.08. The van der Waals surface area contributed by atoms with E-state index in [4.69, 9.17) is 24.2 Å². The summed E-state index contributed by atoms with van der Waals surface area (Å²) in [5.74, 6) is -0.0571. The number of carbonyl (C=O) groups excluding carboxylic acids is 1. The molecule has 0 radical (unpaired) electrons. The number of rotatable bonds is 8. The first-order chi connectivity index (χ1) is 17.7. The quantitative estimate of drug-likeness (QED) is 0.413. The number of benzene rings is 2. The molecule has 1 aliphatic heterocycles. The topological polar surface area (TPSA) is 83.9 Å². The molecule has 1 unspecified atom stereocenters. The first kappa shape index (κ1) is 24.7. The zero-order chi connectivity index (χ0) is 26.0. The highest BCUT2D eigenvalue weighted by Crippen LogP contribution is 2.66. The van der Waals surface area contributed by atoms with Gasteiger partial charge in [0.15, 0.2) is 5.60 Å². The maximum atomic E-state index is 13.5. The summed E-state index contributed by atoms with van der Waals surface area (Å²) >= 11 is 0. The molecule has 7 heteroatoms. The van der Waals surface area contributed by atoms with Gasteiger partial charge in [-0.05, 0) is 67.6 Å². The molecule has 6 atom stereocenters. The zero-order valence-electron chi connectivity index (χ0n) is 22.1. The predicted molar refractivity (Wildman–Crippen MR) is 143 cm³/mol. The van der Waals surface area contributed by atoms with Crippen molar-refractivity contribution in [2.45, 2.75) is 70.1 Å². The van der Waals surface area contributed by atoms with Gasteiger partial charge in [0, 0.05) is 17.8 Å². The number of primary amides is 1. The summed E-state index contributed by atoms with van der Waals surface area (Å²) in [6, 6.07) is 17.5. The Labute approximate surface area is 219 Å². The minimum Gasteiger partial charge on any atom is -0.464 e. The van der Waals surface area contributed by atoms with Gasteiger partial charge in [0.2, 0.25) is 0 Å². The zero-order valence-corrected chi connectivity index (χ0v) is 22.1. The lowest BCUT2D eigenvalue weighted by molar-refractivity contribution is -0.199. The normalized spacial score (nSPS) is 30.4. The molecule has 1 saturated heterocycles. The number of fused-ring (bicyclic) bond motifs is 1. The van der Waals surface area contributed by atoms with E-state index in [1.807, 2.05) is 61.5 Å². The van der Waals surface area contributed by atoms with Crippen LogP contribution in [0.4, 0.5) is 0 Å². The Morgan fingerprint density at radius 2 is 1.86 bits per heavy atom. The number of carbonyl (C=O) groups is 1. The lowest BCUT2D eigenvalue weighted by Crippen LogP contribution is -2.65. The van der Waals surface area contributed by atoms with E-state index in [0.717, 1.165) is 29.4 Å². The molecule has 4 fully saturated rings. The molecule has 194 valence electrons. The van der Waals surface area contributed by atoms with Crippen molar-refractivity contribution in [2.75, 3.05) is 6.61 Å². The van der Waals surface area contributed by atoms with Crippen LogP contribution in [0.3, 0.4) is 0 Å². The van der Waals surface area contributed by atoms with Gasteiger partial charge >= 0.3 is 7.12 Å². The van der Waals surface area contributed by atoms with E-state index in [9.17, 15) is 4.79 Å². The summed E-state index contributed by atoms with van der Waals surface area (Å²) in [5, 5.41) is 1.00. The molecule has 6 nitrogen and oxygen atoms in total. The lowest BCUT2D eigenvalue weighted by Gasteiger charge is -2.64. The second-order valence-corrected chi connectivity index (χ2v) is 11.8. The first-order valence-electron chi connectivity index (χ1n) is 13.5. The third-order valence-corrected chi connectivity index (χ3v) is 9.76.